The minimum atomic E-state index is -0.171. The van der Waals surface area contributed by atoms with Crippen LogP contribution in [-0.2, 0) is 14.3 Å². The Labute approximate surface area is 98.6 Å². The summed E-state index contributed by atoms with van der Waals surface area (Å²) in [5.74, 6) is 0.322. The van der Waals surface area contributed by atoms with Crippen LogP contribution < -0.4 is 0 Å². The number of hydrogen-bond acceptors (Lipinski definition) is 5. The largest absolute Gasteiger partial charge is 0.486 e. The molecule has 0 radical (unpaired) electrons. The van der Waals surface area contributed by atoms with E-state index < -0.39 is 0 Å². The zero-order chi connectivity index (χ0) is 11.7. The molecule has 0 rings (SSSR count). The highest BCUT2D eigenvalue weighted by Gasteiger charge is 2.03. The van der Waals surface area contributed by atoms with Crippen molar-refractivity contribution in [1.82, 2.24) is 0 Å². The summed E-state index contributed by atoms with van der Waals surface area (Å²) >= 11 is 5.90. The standard InChI is InChI=1S/C10H12O3S2/c1-3-8(11)7-10(14)13-5-6-15-9(12)4-2/h3-4H,1-2,5-7H2. The molecule has 5 heteroatoms. The summed E-state index contributed by atoms with van der Waals surface area (Å²) in [7, 11) is 0. The predicted octanol–water partition coefficient (Wildman–Crippen LogP) is 1.92. The van der Waals surface area contributed by atoms with Gasteiger partial charge in [0, 0.05) is 5.75 Å². The molecule has 0 aromatic carbocycles. The number of thiocarbonyl (C=S) groups is 1. The van der Waals surface area contributed by atoms with Gasteiger partial charge in [0.25, 0.3) is 0 Å². The average molecular weight is 244 g/mol. The summed E-state index contributed by atoms with van der Waals surface area (Å²) in [6.07, 6.45) is 2.51. The van der Waals surface area contributed by atoms with Gasteiger partial charge in [0.15, 0.2) is 10.8 Å². The minimum absolute atomic E-state index is 0.0684. The molecule has 0 saturated carbocycles. The van der Waals surface area contributed by atoms with Crippen LogP contribution in [0.3, 0.4) is 0 Å². The van der Waals surface area contributed by atoms with Crippen molar-refractivity contribution >= 4 is 39.9 Å². The molecule has 0 aliphatic heterocycles. The first-order chi connectivity index (χ1) is 7.10. The van der Waals surface area contributed by atoms with E-state index >= 15 is 0 Å². The van der Waals surface area contributed by atoms with Crippen molar-refractivity contribution < 1.29 is 14.3 Å². The lowest BCUT2D eigenvalue weighted by Gasteiger charge is -2.04. The van der Waals surface area contributed by atoms with Gasteiger partial charge in [-0.2, -0.15) is 0 Å². The number of carbonyl (C=O) groups is 2. The fraction of sp³-hybridized carbons (Fsp3) is 0.300. The molecule has 0 saturated heterocycles. The Morgan fingerprint density at radius 1 is 1.33 bits per heavy atom. The highest BCUT2D eigenvalue weighted by atomic mass is 32.2. The van der Waals surface area contributed by atoms with E-state index in [9.17, 15) is 9.59 Å². The number of thioether (sulfide) groups is 1. The minimum Gasteiger partial charge on any atom is -0.486 e. The summed E-state index contributed by atoms with van der Waals surface area (Å²) in [5, 5.41) is 0.123. The molecule has 0 heterocycles. The molecule has 0 aliphatic carbocycles. The van der Waals surface area contributed by atoms with Crippen molar-refractivity contribution in [2.75, 3.05) is 12.4 Å². The summed E-state index contributed by atoms with van der Waals surface area (Å²) in [6, 6.07) is 0. The molecule has 0 spiro atoms. The van der Waals surface area contributed by atoms with Gasteiger partial charge in [0.05, 0.1) is 13.0 Å². The summed E-state index contributed by atoms with van der Waals surface area (Å²) in [4.78, 5) is 21.6. The number of allylic oxidation sites excluding steroid dienone is 1. The van der Waals surface area contributed by atoms with E-state index in [1.807, 2.05) is 0 Å². The van der Waals surface area contributed by atoms with Gasteiger partial charge in [0.2, 0.25) is 5.12 Å². The van der Waals surface area contributed by atoms with Gasteiger partial charge >= 0.3 is 0 Å². The number of rotatable bonds is 7. The van der Waals surface area contributed by atoms with Crippen LogP contribution in [0, 0.1) is 0 Å². The molecule has 15 heavy (non-hydrogen) atoms. The molecule has 0 bridgehead atoms. The van der Waals surface area contributed by atoms with E-state index in [4.69, 9.17) is 17.0 Å². The molecule has 0 atom stereocenters. The third-order valence-corrected chi connectivity index (χ3v) is 2.39. The quantitative estimate of drug-likeness (QED) is 0.389. The Balaban J connectivity index is 3.55. The van der Waals surface area contributed by atoms with Crippen LogP contribution in [-0.4, -0.2) is 28.3 Å². The first-order valence-electron chi connectivity index (χ1n) is 4.20. The lowest BCUT2D eigenvalue weighted by Crippen LogP contribution is -2.09. The second kappa shape index (κ2) is 8.38. The van der Waals surface area contributed by atoms with E-state index in [1.54, 1.807) is 0 Å². The summed E-state index contributed by atoms with van der Waals surface area (Å²) in [6.45, 7) is 6.97. The molecular formula is C10H12O3S2. The first kappa shape index (κ1) is 14.1. The Hall–Kier alpha value is -0.940. The molecular weight excluding hydrogens is 232 g/mol. The van der Waals surface area contributed by atoms with Crippen molar-refractivity contribution in [3.8, 4) is 0 Å². The fourth-order valence-corrected chi connectivity index (χ4v) is 1.33. The van der Waals surface area contributed by atoms with E-state index in [0.717, 1.165) is 11.8 Å². The first-order valence-corrected chi connectivity index (χ1v) is 5.59. The molecule has 3 nitrogen and oxygen atoms in total. The van der Waals surface area contributed by atoms with Gasteiger partial charge in [-0.1, -0.05) is 24.9 Å². The summed E-state index contributed by atoms with van der Waals surface area (Å²) < 4.78 is 5.06. The smallest absolute Gasteiger partial charge is 0.211 e. The van der Waals surface area contributed by atoms with E-state index in [-0.39, 0.29) is 22.4 Å². The van der Waals surface area contributed by atoms with Crippen molar-refractivity contribution in [2.24, 2.45) is 0 Å². The van der Waals surface area contributed by atoms with Crippen molar-refractivity contribution in [1.29, 1.82) is 0 Å². The van der Waals surface area contributed by atoms with Crippen LogP contribution in [0.5, 0.6) is 0 Å². The monoisotopic (exact) mass is 244 g/mol. The van der Waals surface area contributed by atoms with Crippen molar-refractivity contribution in [3.05, 3.63) is 25.3 Å². The van der Waals surface area contributed by atoms with Crippen LogP contribution in [0.25, 0.3) is 0 Å². The Morgan fingerprint density at radius 3 is 2.53 bits per heavy atom. The maximum Gasteiger partial charge on any atom is 0.211 e. The van der Waals surface area contributed by atoms with Crippen molar-refractivity contribution in [3.63, 3.8) is 0 Å². The second-order valence-corrected chi connectivity index (χ2v) is 3.99. The Morgan fingerprint density at radius 2 is 2.00 bits per heavy atom. The number of hydrogen-bond donors (Lipinski definition) is 0. The topological polar surface area (TPSA) is 43.4 Å². The predicted molar refractivity (Wildman–Crippen MR) is 66.0 cm³/mol. The highest BCUT2D eigenvalue weighted by molar-refractivity contribution is 8.14. The van der Waals surface area contributed by atoms with E-state index in [0.29, 0.717) is 12.4 Å². The Kier molecular flexibility index (Phi) is 7.85. The van der Waals surface area contributed by atoms with Gasteiger partial charge in [-0.05, 0) is 24.4 Å². The normalized spacial score (nSPS) is 9.07. The Bertz CT molecular complexity index is 284. The molecule has 0 aromatic heterocycles. The van der Waals surface area contributed by atoms with Crippen LogP contribution in [0.1, 0.15) is 6.42 Å². The second-order valence-electron chi connectivity index (χ2n) is 2.44. The van der Waals surface area contributed by atoms with E-state index in [1.165, 1.54) is 12.2 Å². The molecule has 0 fully saturated rings. The van der Waals surface area contributed by atoms with E-state index in [2.05, 4.69) is 13.2 Å². The maximum atomic E-state index is 10.9. The molecule has 0 unspecified atom stereocenters. The molecule has 82 valence electrons. The lowest BCUT2D eigenvalue weighted by molar-refractivity contribution is -0.113. The average Bonchev–Trinajstić information content (AvgIpc) is 2.23. The number of carbonyl (C=O) groups excluding carboxylic acids is 2. The lowest BCUT2D eigenvalue weighted by atomic mass is 10.3. The zero-order valence-electron chi connectivity index (χ0n) is 8.23. The van der Waals surface area contributed by atoms with Crippen molar-refractivity contribution in [2.45, 2.75) is 6.42 Å². The van der Waals surface area contributed by atoms with Crippen LogP contribution in [0.4, 0.5) is 0 Å². The molecule has 0 N–H and O–H groups in total. The third-order valence-electron chi connectivity index (χ3n) is 1.30. The molecule has 0 amide bonds. The van der Waals surface area contributed by atoms with Gasteiger partial charge in [-0.3, -0.25) is 9.59 Å². The number of ketones is 1. The van der Waals surface area contributed by atoms with Gasteiger partial charge in [-0.25, -0.2) is 0 Å². The van der Waals surface area contributed by atoms with Gasteiger partial charge in [0.1, 0.15) is 0 Å². The third kappa shape index (κ3) is 8.08. The van der Waals surface area contributed by atoms with Crippen LogP contribution >= 0.6 is 24.0 Å². The highest BCUT2D eigenvalue weighted by Crippen LogP contribution is 2.02. The summed E-state index contributed by atoms with van der Waals surface area (Å²) in [5.41, 5.74) is 0. The molecule has 0 aromatic rings. The molecule has 0 aliphatic rings. The van der Waals surface area contributed by atoms with Gasteiger partial charge in [-0.15, -0.1) is 0 Å². The number of ether oxygens (including phenoxy) is 1. The fourth-order valence-electron chi connectivity index (χ4n) is 0.622. The SMILES string of the molecule is C=CC(=O)CC(=S)OCCSC(=O)C=C. The van der Waals surface area contributed by atoms with Crippen LogP contribution in [0.15, 0.2) is 25.3 Å². The zero-order valence-corrected chi connectivity index (χ0v) is 9.86. The van der Waals surface area contributed by atoms with Crippen LogP contribution in [0.2, 0.25) is 0 Å². The van der Waals surface area contributed by atoms with Gasteiger partial charge < -0.3 is 4.74 Å². The maximum absolute atomic E-state index is 10.9.